The number of rotatable bonds is 6. The Morgan fingerprint density at radius 1 is 0.893 bits per heavy atom. The van der Waals surface area contributed by atoms with Crippen LogP contribution in [-0.4, -0.2) is 26.3 Å². The van der Waals surface area contributed by atoms with Crippen LogP contribution < -0.4 is 15.1 Å². The normalized spacial score (nSPS) is 15.1. The average Bonchev–Trinajstić information content (AvgIpc) is 2.69. The maximum absolute atomic E-state index is 12.5. The second-order valence-electron chi connectivity index (χ2n) is 6.77. The fraction of sp³-hybridized carbons (Fsp3) is 0.300. The summed E-state index contributed by atoms with van der Waals surface area (Å²) in [5.74, 6) is -2.06. The summed E-state index contributed by atoms with van der Waals surface area (Å²) in [4.78, 5) is 23.6. The minimum atomic E-state index is -3.62. The highest BCUT2D eigenvalue weighted by Gasteiger charge is 2.22. The van der Waals surface area contributed by atoms with Gasteiger partial charge < -0.3 is 15.2 Å². The smallest absolute Gasteiger partial charge is 0.256 e. The summed E-state index contributed by atoms with van der Waals surface area (Å²) in [5.41, 5.74) is 0.115. The highest BCUT2D eigenvalue weighted by Crippen LogP contribution is 2.21. The third-order valence-electron chi connectivity index (χ3n) is 4.74. The van der Waals surface area contributed by atoms with Gasteiger partial charge in [0.05, 0.1) is 10.9 Å². The average molecular weight is 401 g/mol. The van der Waals surface area contributed by atoms with E-state index in [2.05, 4.69) is 10.0 Å². The fourth-order valence-electron chi connectivity index (χ4n) is 3.28. The zero-order valence-electron chi connectivity index (χ0n) is 15.2. The van der Waals surface area contributed by atoms with Crippen LogP contribution in [0.2, 0.25) is 0 Å². The van der Waals surface area contributed by atoms with E-state index in [0.717, 1.165) is 32.1 Å². The van der Waals surface area contributed by atoms with Gasteiger partial charge in [-0.25, -0.2) is 13.1 Å². The first-order valence-electron chi connectivity index (χ1n) is 9.11. The van der Waals surface area contributed by atoms with Gasteiger partial charge in [-0.15, -0.1) is 0 Å². The van der Waals surface area contributed by atoms with Crippen LogP contribution in [0.5, 0.6) is 0 Å². The molecule has 0 heterocycles. The molecule has 1 amide bonds. The third-order valence-corrected chi connectivity index (χ3v) is 6.28. The molecule has 8 heteroatoms. The SMILES string of the molecule is O=C([O-])c1ccccc1C(=O)Nc1ccc(S(=O)(=O)NC2CCCCC2)cc1. The van der Waals surface area contributed by atoms with E-state index >= 15 is 0 Å². The lowest BCUT2D eigenvalue weighted by molar-refractivity contribution is -0.255. The van der Waals surface area contributed by atoms with Crippen molar-refractivity contribution in [2.24, 2.45) is 0 Å². The number of carboxylic acid groups (broad SMARTS) is 1. The molecule has 3 rings (SSSR count). The Balaban J connectivity index is 1.70. The quantitative estimate of drug-likeness (QED) is 0.767. The summed E-state index contributed by atoms with van der Waals surface area (Å²) < 4.78 is 27.7. The Kier molecular flexibility index (Phi) is 6.11. The second kappa shape index (κ2) is 8.53. The molecule has 1 aliphatic rings. The van der Waals surface area contributed by atoms with Crippen LogP contribution >= 0.6 is 0 Å². The van der Waals surface area contributed by atoms with Crippen LogP contribution in [0.3, 0.4) is 0 Å². The van der Waals surface area contributed by atoms with Crippen molar-refractivity contribution in [2.45, 2.75) is 43.0 Å². The van der Waals surface area contributed by atoms with Gasteiger partial charge in [-0.2, -0.15) is 0 Å². The van der Waals surface area contributed by atoms with E-state index in [1.54, 1.807) is 6.07 Å². The first kappa shape index (κ1) is 20.0. The van der Waals surface area contributed by atoms with Crippen LogP contribution in [0.25, 0.3) is 0 Å². The molecule has 1 saturated carbocycles. The van der Waals surface area contributed by atoms with Gasteiger partial charge in [0.15, 0.2) is 0 Å². The number of anilines is 1. The van der Waals surface area contributed by atoms with Crippen LogP contribution in [-0.2, 0) is 10.0 Å². The summed E-state index contributed by atoms with van der Waals surface area (Å²) in [5, 5.41) is 13.7. The zero-order valence-corrected chi connectivity index (χ0v) is 16.0. The van der Waals surface area contributed by atoms with E-state index in [1.807, 2.05) is 0 Å². The predicted molar refractivity (Wildman–Crippen MR) is 102 cm³/mol. The molecule has 148 valence electrons. The number of nitrogens with one attached hydrogen (secondary N) is 2. The molecule has 0 radical (unpaired) electrons. The molecule has 0 aliphatic heterocycles. The summed E-state index contributed by atoms with van der Waals surface area (Å²) in [6, 6.07) is 11.4. The Labute approximate surface area is 163 Å². The maximum Gasteiger partial charge on any atom is 0.256 e. The van der Waals surface area contributed by atoms with Crippen molar-refractivity contribution in [3.8, 4) is 0 Å². The van der Waals surface area contributed by atoms with Crippen molar-refractivity contribution in [1.29, 1.82) is 0 Å². The minimum absolute atomic E-state index is 0.0295. The highest BCUT2D eigenvalue weighted by molar-refractivity contribution is 7.89. The van der Waals surface area contributed by atoms with E-state index < -0.39 is 21.9 Å². The maximum atomic E-state index is 12.5. The summed E-state index contributed by atoms with van der Waals surface area (Å²) in [6.07, 6.45) is 4.85. The van der Waals surface area contributed by atoms with Crippen LogP contribution in [0, 0.1) is 0 Å². The van der Waals surface area contributed by atoms with E-state index in [0.29, 0.717) is 5.69 Å². The number of aromatic carboxylic acids is 1. The van der Waals surface area contributed by atoms with Gasteiger partial charge >= 0.3 is 0 Å². The molecule has 0 aromatic heterocycles. The number of benzene rings is 2. The van der Waals surface area contributed by atoms with E-state index in [-0.39, 0.29) is 22.1 Å². The van der Waals surface area contributed by atoms with Crippen molar-refractivity contribution >= 4 is 27.6 Å². The molecule has 2 aromatic carbocycles. The number of carboxylic acids is 1. The Morgan fingerprint density at radius 2 is 1.50 bits per heavy atom. The molecular weight excluding hydrogens is 380 g/mol. The molecule has 1 aliphatic carbocycles. The van der Waals surface area contributed by atoms with E-state index in [4.69, 9.17) is 0 Å². The molecular formula is C20H21N2O5S-. The Morgan fingerprint density at radius 3 is 2.11 bits per heavy atom. The Bertz CT molecular complexity index is 964. The van der Waals surface area contributed by atoms with Crippen molar-refractivity contribution in [2.75, 3.05) is 5.32 Å². The molecule has 28 heavy (non-hydrogen) atoms. The van der Waals surface area contributed by atoms with Crippen molar-refractivity contribution in [1.82, 2.24) is 4.72 Å². The van der Waals surface area contributed by atoms with Gasteiger partial charge in [-0.3, -0.25) is 4.79 Å². The lowest BCUT2D eigenvalue weighted by Crippen LogP contribution is -2.36. The van der Waals surface area contributed by atoms with Crippen molar-refractivity contribution in [3.63, 3.8) is 0 Å². The third kappa shape index (κ3) is 4.76. The topological polar surface area (TPSA) is 115 Å². The lowest BCUT2D eigenvalue weighted by Gasteiger charge is -2.22. The summed E-state index contributed by atoms with van der Waals surface area (Å²) >= 11 is 0. The van der Waals surface area contributed by atoms with Gasteiger partial charge in [0.1, 0.15) is 0 Å². The zero-order chi connectivity index (χ0) is 20.1. The molecule has 0 spiro atoms. The highest BCUT2D eigenvalue weighted by atomic mass is 32.2. The van der Waals surface area contributed by atoms with Gasteiger partial charge in [-0.05, 0) is 43.2 Å². The molecule has 2 aromatic rings. The standard InChI is InChI=1S/C20H22N2O5S/c23-19(17-8-4-5-9-18(17)20(24)25)21-14-10-12-16(13-11-14)28(26,27)22-15-6-2-1-3-7-15/h4-5,8-13,15,22H,1-3,6-7H2,(H,21,23)(H,24,25)/p-1. The first-order valence-corrected chi connectivity index (χ1v) is 10.6. The van der Waals surface area contributed by atoms with E-state index in [1.165, 1.54) is 42.5 Å². The van der Waals surface area contributed by atoms with Crippen LogP contribution in [0.1, 0.15) is 52.8 Å². The summed E-state index contributed by atoms with van der Waals surface area (Å²) in [7, 11) is -3.62. The van der Waals surface area contributed by atoms with Crippen LogP contribution in [0.15, 0.2) is 53.4 Å². The van der Waals surface area contributed by atoms with Gasteiger partial charge in [0.2, 0.25) is 10.0 Å². The number of sulfonamides is 1. The molecule has 0 unspecified atom stereocenters. The Hall–Kier alpha value is -2.71. The molecule has 0 bridgehead atoms. The largest absolute Gasteiger partial charge is 0.545 e. The molecule has 0 saturated heterocycles. The number of carbonyl (C=O) groups excluding carboxylic acids is 2. The number of amides is 1. The fourth-order valence-corrected chi connectivity index (χ4v) is 4.59. The number of hydrogen-bond acceptors (Lipinski definition) is 5. The molecule has 1 fully saturated rings. The second-order valence-corrected chi connectivity index (χ2v) is 8.48. The van der Waals surface area contributed by atoms with Crippen molar-refractivity contribution < 1.29 is 23.1 Å². The van der Waals surface area contributed by atoms with Crippen LogP contribution in [0.4, 0.5) is 5.69 Å². The van der Waals surface area contributed by atoms with Gasteiger partial charge in [0, 0.05) is 22.9 Å². The first-order chi connectivity index (χ1) is 13.4. The predicted octanol–water partition coefficient (Wildman–Crippen LogP) is 1.91. The number of hydrogen-bond donors (Lipinski definition) is 2. The molecule has 7 nitrogen and oxygen atoms in total. The van der Waals surface area contributed by atoms with Crippen molar-refractivity contribution in [3.05, 3.63) is 59.7 Å². The monoisotopic (exact) mass is 401 g/mol. The lowest BCUT2D eigenvalue weighted by atomic mass is 9.96. The molecule has 0 atom stereocenters. The number of carbonyl (C=O) groups is 2. The molecule has 2 N–H and O–H groups in total. The summed E-state index contributed by atoms with van der Waals surface area (Å²) in [6.45, 7) is 0. The van der Waals surface area contributed by atoms with Gasteiger partial charge in [-0.1, -0.05) is 37.5 Å². The van der Waals surface area contributed by atoms with E-state index in [9.17, 15) is 23.1 Å². The minimum Gasteiger partial charge on any atom is -0.545 e. The van der Waals surface area contributed by atoms with Gasteiger partial charge in [0.25, 0.3) is 5.91 Å².